The highest BCUT2D eigenvalue weighted by Gasteiger charge is 2.40. The number of carboxylic acids is 1. The van der Waals surface area contributed by atoms with Gasteiger partial charge in [-0.1, -0.05) is 48.3 Å². The van der Waals surface area contributed by atoms with E-state index in [0.717, 1.165) is 57.3 Å². The number of carbonyl (C=O) groups is 2. The third kappa shape index (κ3) is 5.55. The van der Waals surface area contributed by atoms with Crippen LogP contribution < -0.4 is 14.5 Å². The molecule has 3 saturated heterocycles. The Hall–Kier alpha value is -3.57. The number of rotatable bonds is 6. The van der Waals surface area contributed by atoms with Gasteiger partial charge in [0, 0.05) is 48.6 Å². The molecule has 0 aromatic heterocycles. The normalized spacial score (nSPS) is 21.3. The molecular formula is C34H35Cl2FN4O5. The largest absolute Gasteiger partial charge is 0.478 e. The van der Waals surface area contributed by atoms with Gasteiger partial charge in [-0.3, -0.25) is 4.79 Å². The first-order valence-electron chi connectivity index (χ1n) is 15.7. The molecule has 1 amide bonds. The van der Waals surface area contributed by atoms with E-state index in [0.29, 0.717) is 35.8 Å². The first-order valence-corrected chi connectivity index (χ1v) is 16.4. The molecule has 0 saturated carbocycles. The molecule has 9 nitrogen and oxygen atoms in total. The summed E-state index contributed by atoms with van der Waals surface area (Å²) in [5.41, 5.74) is 2.91. The van der Waals surface area contributed by atoms with E-state index in [2.05, 4.69) is 21.6 Å². The number of benzene rings is 3. The Morgan fingerprint density at radius 2 is 1.67 bits per heavy atom. The Morgan fingerprint density at radius 1 is 0.978 bits per heavy atom. The van der Waals surface area contributed by atoms with Gasteiger partial charge in [0.05, 0.1) is 58.7 Å². The Labute approximate surface area is 277 Å². The van der Waals surface area contributed by atoms with E-state index in [1.807, 2.05) is 6.07 Å². The number of carboxylic acid groups (broad SMARTS) is 1. The molecule has 0 aliphatic carbocycles. The molecule has 12 heteroatoms. The monoisotopic (exact) mass is 668 g/mol. The van der Waals surface area contributed by atoms with Crippen LogP contribution in [0.1, 0.15) is 46.0 Å². The standard InChI is InChI=1S/C34H35Cl2FN4O5/c1-2-38-8-10-39(11-9-38)23-12-27(35)31(28(36)13-23)33(42)40-16-20-4-3-5-24(32(20)46-19-40)25-15-30(26(34(43)44)14-29(25)37)41-21-6-7-22(41)18-45-17-21/h3-5,12-15,21-22H,2,6-11,16-19H2,1H3,(H,43,44). The van der Waals surface area contributed by atoms with E-state index in [1.54, 1.807) is 30.3 Å². The van der Waals surface area contributed by atoms with Crippen molar-refractivity contribution >= 4 is 46.5 Å². The van der Waals surface area contributed by atoms with E-state index in [4.69, 9.17) is 32.7 Å². The second-order valence-electron chi connectivity index (χ2n) is 12.3. The van der Waals surface area contributed by atoms with Gasteiger partial charge >= 0.3 is 5.97 Å². The molecule has 3 aromatic rings. The van der Waals surface area contributed by atoms with Gasteiger partial charge in [0.1, 0.15) is 11.6 Å². The zero-order valence-corrected chi connectivity index (χ0v) is 27.0. The summed E-state index contributed by atoms with van der Waals surface area (Å²) in [7, 11) is 0. The number of amides is 1. The van der Waals surface area contributed by atoms with Crippen LogP contribution in [0.25, 0.3) is 11.1 Å². The SMILES string of the molecule is CCN1CCN(c2cc(Cl)c(C(=O)N3COc4c(cccc4-c4cc(N5C6CCC5COC6)c(C(=O)O)cc4F)C3)c(Cl)c2)CC1. The van der Waals surface area contributed by atoms with E-state index < -0.39 is 11.8 Å². The lowest BCUT2D eigenvalue weighted by Gasteiger charge is -2.37. The fourth-order valence-electron chi connectivity index (χ4n) is 7.22. The highest BCUT2D eigenvalue weighted by atomic mass is 35.5. The Kier molecular flexibility index (Phi) is 8.48. The van der Waals surface area contributed by atoms with Gasteiger partial charge < -0.3 is 34.2 Å². The van der Waals surface area contributed by atoms with Crippen LogP contribution >= 0.6 is 23.2 Å². The minimum atomic E-state index is -1.18. The molecule has 4 aliphatic rings. The molecule has 3 aromatic carbocycles. The highest BCUT2D eigenvalue weighted by Crippen LogP contribution is 2.43. The lowest BCUT2D eigenvalue weighted by molar-refractivity contribution is 0.0516. The van der Waals surface area contributed by atoms with Crippen molar-refractivity contribution in [2.75, 3.05) is 62.5 Å². The Morgan fingerprint density at radius 3 is 2.33 bits per heavy atom. The molecule has 0 spiro atoms. The third-order valence-electron chi connectivity index (χ3n) is 9.66. The molecule has 4 heterocycles. The van der Waals surface area contributed by atoms with Crippen LogP contribution in [0.4, 0.5) is 15.8 Å². The Bertz CT molecular complexity index is 1660. The fraction of sp³-hybridized carbons (Fsp3) is 0.412. The van der Waals surface area contributed by atoms with Crippen LogP contribution in [0.5, 0.6) is 5.75 Å². The minimum Gasteiger partial charge on any atom is -0.478 e. The molecule has 7 rings (SSSR count). The maximum atomic E-state index is 15.7. The van der Waals surface area contributed by atoms with Crippen LogP contribution in [0, 0.1) is 5.82 Å². The molecular weight excluding hydrogens is 634 g/mol. The van der Waals surface area contributed by atoms with E-state index in [-0.39, 0.29) is 58.0 Å². The summed E-state index contributed by atoms with van der Waals surface area (Å²) in [4.78, 5) is 34.1. The summed E-state index contributed by atoms with van der Waals surface area (Å²) in [6, 6.07) is 11.7. The fourth-order valence-corrected chi connectivity index (χ4v) is 7.86. The van der Waals surface area contributed by atoms with Gasteiger partial charge in [-0.25, -0.2) is 9.18 Å². The minimum absolute atomic E-state index is 0.0367. The highest BCUT2D eigenvalue weighted by molar-refractivity contribution is 6.40. The maximum absolute atomic E-state index is 15.7. The van der Waals surface area contributed by atoms with Crippen molar-refractivity contribution in [2.24, 2.45) is 0 Å². The number of hydrogen-bond acceptors (Lipinski definition) is 7. The van der Waals surface area contributed by atoms with Crippen molar-refractivity contribution in [3.8, 4) is 16.9 Å². The van der Waals surface area contributed by atoms with Gasteiger partial charge in [-0.2, -0.15) is 0 Å². The van der Waals surface area contributed by atoms with Crippen LogP contribution in [0.2, 0.25) is 10.0 Å². The number of nitrogens with zero attached hydrogens (tertiary/aromatic N) is 4. The molecule has 3 fully saturated rings. The number of aromatic carboxylic acids is 1. The Balaban J connectivity index is 1.16. The summed E-state index contributed by atoms with van der Waals surface area (Å²) in [5.74, 6) is -1.76. The second kappa shape index (κ2) is 12.6. The average Bonchev–Trinajstić information content (AvgIpc) is 3.30. The van der Waals surface area contributed by atoms with Gasteiger partial charge in [0.25, 0.3) is 5.91 Å². The molecule has 2 bridgehead atoms. The summed E-state index contributed by atoms with van der Waals surface area (Å²) in [6.45, 7) is 7.86. The molecule has 0 radical (unpaired) electrons. The maximum Gasteiger partial charge on any atom is 0.337 e. The van der Waals surface area contributed by atoms with E-state index in [1.165, 1.54) is 4.90 Å². The average molecular weight is 670 g/mol. The number of morpholine rings is 1. The third-order valence-corrected chi connectivity index (χ3v) is 10.3. The summed E-state index contributed by atoms with van der Waals surface area (Å²) >= 11 is 13.4. The molecule has 2 atom stereocenters. The van der Waals surface area contributed by atoms with Crippen molar-refractivity contribution in [3.63, 3.8) is 0 Å². The van der Waals surface area contributed by atoms with Crippen molar-refractivity contribution in [1.29, 1.82) is 0 Å². The number of ether oxygens (including phenoxy) is 2. The number of carbonyl (C=O) groups excluding carboxylic acids is 1. The smallest absolute Gasteiger partial charge is 0.337 e. The number of halogens is 3. The quantitative estimate of drug-likeness (QED) is 0.343. The number of anilines is 2. The second-order valence-corrected chi connectivity index (χ2v) is 13.1. The van der Waals surface area contributed by atoms with Gasteiger partial charge in [0.15, 0.2) is 6.73 Å². The van der Waals surface area contributed by atoms with Crippen LogP contribution in [-0.2, 0) is 11.3 Å². The number of para-hydroxylation sites is 1. The number of fused-ring (bicyclic) bond motifs is 3. The van der Waals surface area contributed by atoms with Gasteiger partial charge in [-0.15, -0.1) is 0 Å². The molecule has 46 heavy (non-hydrogen) atoms. The number of hydrogen-bond donors (Lipinski definition) is 1. The zero-order chi connectivity index (χ0) is 32.1. The van der Waals surface area contributed by atoms with Crippen LogP contribution in [0.15, 0.2) is 42.5 Å². The van der Waals surface area contributed by atoms with E-state index >= 15 is 4.39 Å². The van der Waals surface area contributed by atoms with Crippen molar-refractivity contribution in [1.82, 2.24) is 9.80 Å². The molecule has 2 unspecified atom stereocenters. The molecule has 242 valence electrons. The topological polar surface area (TPSA) is 85.8 Å². The van der Waals surface area contributed by atoms with Crippen LogP contribution in [-0.4, -0.2) is 91.5 Å². The van der Waals surface area contributed by atoms with Crippen molar-refractivity contribution < 1.29 is 28.6 Å². The predicted octanol–water partition coefficient (Wildman–Crippen LogP) is 6.00. The first kappa shape index (κ1) is 31.1. The zero-order valence-electron chi connectivity index (χ0n) is 25.5. The van der Waals surface area contributed by atoms with Crippen molar-refractivity contribution in [3.05, 3.63) is 75.0 Å². The number of likely N-dealkylation sites (N-methyl/N-ethyl adjacent to an activating group) is 1. The lowest BCUT2D eigenvalue weighted by atomic mass is 9.96. The molecule has 1 N–H and O–H groups in total. The summed E-state index contributed by atoms with van der Waals surface area (Å²) in [5, 5.41) is 10.5. The van der Waals surface area contributed by atoms with Gasteiger partial charge in [-0.05, 0) is 43.7 Å². The molecule has 4 aliphatic heterocycles. The lowest BCUT2D eigenvalue weighted by Crippen LogP contribution is -2.46. The van der Waals surface area contributed by atoms with Crippen molar-refractivity contribution in [2.45, 2.75) is 38.4 Å². The number of piperazine rings is 1. The van der Waals surface area contributed by atoms with Crippen LogP contribution in [0.3, 0.4) is 0 Å². The summed E-state index contributed by atoms with van der Waals surface area (Å²) < 4.78 is 27.5. The predicted molar refractivity (Wildman–Crippen MR) is 175 cm³/mol. The summed E-state index contributed by atoms with van der Waals surface area (Å²) in [6.07, 6.45) is 1.77. The van der Waals surface area contributed by atoms with Gasteiger partial charge in [0.2, 0.25) is 0 Å². The van der Waals surface area contributed by atoms with E-state index in [9.17, 15) is 14.7 Å². The first-order chi connectivity index (χ1) is 22.2.